The molecular formula is C13H18ClN5O3S2. The van der Waals surface area contributed by atoms with E-state index in [0.29, 0.717) is 25.2 Å². The van der Waals surface area contributed by atoms with Crippen LogP contribution in [0.5, 0.6) is 0 Å². The molecule has 1 amide bonds. The van der Waals surface area contributed by atoms with Crippen LogP contribution >= 0.6 is 23.7 Å². The second-order valence-electron chi connectivity index (χ2n) is 5.31. The average Bonchev–Trinajstić information content (AvgIpc) is 3.15. The van der Waals surface area contributed by atoms with Gasteiger partial charge in [0.05, 0.1) is 5.56 Å². The Bertz CT molecular complexity index is 832. The summed E-state index contributed by atoms with van der Waals surface area (Å²) in [6.45, 7) is 1.80. The van der Waals surface area contributed by atoms with E-state index in [1.165, 1.54) is 11.4 Å². The van der Waals surface area contributed by atoms with E-state index in [9.17, 15) is 13.2 Å². The van der Waals surface area contributed by atoms with Gasteiger partial charge in [-0.25, -0.2) is 18.5 Å². The minimum atomic E-state index is -3.79. The predicted octanol–water partition coefficient (Wildman–Crippen LogP) is 0.338. The zero-order chi connectivity index (χ0) is 16.6. The van der Waals surface area contributed by atoms with E-state index in [1.54, 1.807) is 11.1 Å². The van der Waals surface area contributed by atoms with Gasteiger partial charge in [-0.1, -0.05) is 0 Å². The van der Waals surface area contributed by atoms with E-state index in [2.05, 4.69) is 10.3 Å². The maximum absolute atomic E-state index is 12.8. The highest BCUT2D eigenvalue weighted by molar-refractivity contribution is 7.91. The first-order valence-corrected chi connectivity index (χ1v) is 9.41. The topological polar surface area (TPSA) is 110 Å². The van der Waals surface area contributed by atoms with Crippen molar-refractivity contribution in [2.75, 3.05) is 19.6 Å². The summed E-state index contributed by atoms with van der Waals surface area (Å²) in [5, 5.41) is 9.89. The summed E-state index contributed by atoms with van der Waals surface area (Å²) < 4.78 is 24.6. The van der Waals surface area contributed by atoms with Crippen molar-refractivity contribution in [3.05, 3.63) is 35.2 Å². The Morgan fingerprint density at radius 1 is 1.50 bits per heavy atom. The Morgan fingerprint density at radius 2 is 2.25 bits per heavy atom. The number of hydrogen-bond acceptors (Lipinski definition) is 6. The molecular weight excluding hydrogens is 374 g/mol. The van der Waals surface area contributed by atoms with Crippen LogP contribution in [0.15, 0.2) is 28.0 Å². The van der Waals surface area contributed by atoms with Crippen LogP contribution in [0.2, 0.25) is 0 Å². The number of sulfonamides is 1. The van der Waals surface area contributed by atoms with Gasteiger partial charge >= 0.3 is 0 Å². The average molecular weight is 392 g/mol. The van der Waals surface area contributed by atoms with Gasteiger partial charge in [0.2, 0.25) is 10.0 Å². The molecule has 132 valence electrons. The van der Waals surface area contributed by atoms with Gasteiger partial charge in [-0.15, -0.1) is 23.7 Å². The number of halogens is 1. The molecule has 2 aromatic rings. The molecule has 0 saturated carbocycles. The Labute approximate surface area is 150 Å². The molecule has 0 aliphatic carbocycles. The number of nitrogens with two attached hydrogens (primary N) is 1. The second-order valence-corrected chi connectivity index (χ2v) is 8.01. The molecule has 0 spiro atoms. The number of piperazine rings is 1. The molecule has 0 radical (unpaired) electrons. The Hall–Kier alpha value is -1.46. The fourth-order valence-electron chi connectivity index (χ4n) is 2.62. The number of carbonyl (C=O) groups is 1. The number of nitrogens with one attached hydrogen (secondary N) is 1. The molecule has 1 unspecified atom stereocenters. The van der Waals surface area contributed by atoms with Gasteiger partial charge < -0.3 is 14.8 Å². The van der Waals surface area contributed by atoms with Crippen molar-refractivity contribution < 1.29 is 13.2 Å². The Morgan fingerprint density at radius 3 is 2.83 bits per heavy atom. The number of aromatic nitrogens is 2. The molecule has 8 nitrogen and oxygen atoms in total. The number of nitrogens with zero attached hydrogens (tertiary/aromatic N) is 3. The molecule has 2 aromatic heterocycles. The molecule has 0 aromatic carbocycles. The van der Waals surface area contributed by atoms with Gasteiger partial charge in [0, 0.05) is 44.5 Å². The summed E-state index contributed by atoms with van der Waals surface area (Å²) in [5.74, 6) is 0.568. The van der Waals surface area contributed by atoms with Crippen molar-refractivity contribution in [3.63, 3.8) is 0 Å². The second kappa shape index (κ2) is 7.19. The molecule has 0 bridgehead atoms. The Kier molecular flexibility index (Phi) is 5.66. The van der Waals surface area contributed by atoms with E-state index >= 15 is 0 Å². The third-order valence-electron chi connectivity index (χ3n) is 3.76. The van der Waals surface area contributed by atoms with Crippen molar-refractivity contribution in [1.82, 2.24) is 19.8 Å². The highest BCUT2D eigenvalue weighted by atomic mass is 35.5. The SMILES string of the molecule is Cl.Cn1ccnc1C1CNCCN1C(=O)c1csc(S(N)(=O)=O)c1. The molecule has 1 aliphatic rings. The van der Waals surface area contributed by atoms with Crippen LogP contribution in [0.4, 0.5) is 0 Å². The van der Waals surface area contributed by atoms with Crippen LogP contribution in [0.3, 0.4) is 0 Å². The van der Waals surface area contributed by atoms with Crippen molar-refractivity contribution in [2.45, 2.75) is 10.3 Å². The predicted molar refractivity (Wildman–Crippen MR) is 92.8 cm³/mol. The first-order chi connectivity index (χ1) is 10.9. The van der Waals surface area contributed by atoms with Crippen LogP contribution in [0.25, 0.3) is 0 Å². The number of amides is 1. The maximum Gasteiger partial charge on any atom is 0.255 e. The summed E-state index contributed by atoms with van der Waals surface area (Å²) in [6, 6.07) is 1.13. The lowest BCUT2D eigenvalue weighted by Gasteiger charge is -2.35. The van der Waals surface area contributed by atoms with Gasteiger partial charge in [0.1, 0.15) is 16.1 Å². The number of primary sulfonamides is 1. The van der Waals surface area contributed by atoms with Gasteiger partial charge in [-0.3, -0.25) is 4.79 Å². The van der Waals surface area contributed by atoms with Gasteiger partial charge in [0.25, 0.3) is 5.91 Å². The van der Waals surface area contributed by atoms with Crippen molar-refractivity contribution in [2.24, 2.45) is 12.2 Å². The quantitative estimate of drug-likeness (QED) is 0.783. The third-order valence-corrected chi connectivity index (χ3v) is 6.15. The molecule has 1 fully saturated rings. The van der Waals surface area contributed by atoms with Crippen LogP contribution < -0.4 is 10.5 Å². The first kappa shape index (κ1) is 18.9. The summed E-state index contributed by atoms with van der Waals surface area (Å²) >= 11 is 0.954. The standard InChI is InChI=1S/C13H17N5O3S2.ClH/c1-17-4-3-16-12(17)10-7-15-2-5-18(10)13(19)9-6-11(22-8-9)23(14,20)21;/h3-4,6,8,10,15H,2,5,7H2,1H3,(H2,14,20,21);1H. The fraction of sp³-hybridized carbons (Fsp3) is 0.385. The lowest BCUT2D eigenvalue weighted by molar-refractivity contribution is 0.0621. The molecule has 1 atom stereocenters. The van der Waals surface area contributed by atoms with Crippen molar-refractivity contribution >= 4 is 39.7 Å². The molecule has 3 N–H and O–H groups in total. The number of rotatable bonds is 3. The van der Waals surface area contributed by atoms with Gasteiger partial charge in [-0.05, 0) is 6.07 Å². The Balaban J connectivity index is 0.00000208. The van der Waals surface area contributed by atoms with E-state index in [0.717, 1.165) is 17.2 Å². The number of carbonyl (C=O) groups excluding carboxylic acids is 1. The lowest BCUT2D eigenvalue weighted by atomic mass is 10.1. The van der Waals surface area contributed by atoms with E-state index in [-0.39, 0.29) is 28.6 Å². The highest BCUT2D eigenvalue weighted by Crippen LogP contribution is 2.25. The summed E-state index contributed by atoms with van der Waals surface area (Å²) in [4.78, 5) is 18.8. The van der Waals surface area contributed by atoms with Crippen molar-refractivity contribution in [1.29, 1.82) is 0 Å². The molecule has 3 rings (SSSR count). The summed E-state index contributed by atoms with van der Waals surface area (Å²) in [6.07, 6.45) is 3.52. The molecule has 1 aliphatic heterocycles. The fourth-order valence-corrected chi connectivity index (χ4v) is 4.20. The zero-order valence-electron chi connectivity index (χ0n) is 12.9. The monoisotopic (exact) mass is 391 g/mol. The third kappa shape index (κ3) is 3.62. The van der Waals surface area contributed by atoms with E-state index in [1.807, 2.05) is 17.8 Å². The van der Waals surface area contributed by atoms with Crippen LogP contribution in [-0.2, 0) is 17.1 Å². The molecule has 3 heterocycles. The van der Waals surface area contributed by atoms with E-state index < -0.39 is 10.0 Å². The van der Waals surface area contributed by atoms with Gasteiger partial charge in [0.15, 0.2) is 0 Å². The van der Waals surface area contributed by atoms with Crippen molar-refractivity contribution in [3.8, 4) is 0 Å². The highest BCUT2D eigenvalue weighted by Gasteiger charge is 2.31. The normalized spacial score (nSPS) is 18.2. The summed E-state index contributed by atoms with van der Waals surface area (Å²) in [7, 11) is -1.91. The number of imidazole rings is 1. The minimum Gasteiger partial charge on any atom is -0.336 e. The van der Waals surface area contributed by atoms with Crippen LogP contribution in [-0.4, -0.2) is 48.4 Å². The van der Waals surface area contributed by atoms with Gasteiger partial charge in [-0.2, -0.15) is 0 Å². The minimum absolute atomic E-state index is 0. The number of aryl methyl sites for hydroxylation is 1. The molecule has 1 saturated heterocycles. The number of hydrogen-bond donors (Lipinski definition) is 2. The number of thiophene rings is 1. The lowest BCUT2D eigenvalue weighted by Crippen LogP contribution is -2.49. The smallest absolute Gasteiger partial charge is 0.255 e. The molecule has 24 heavy (non-hydrogen) atoms. The maximum atomic E-state index is 12.8. The first-order valence-electron chi connectivity index (χ1n) is 6.98. The van der Waals surface area contributed by atoms with Crippen LogP contribution in [0.1, 0.15) is 22.2 Å². The zero-order valence-corrected chi connectivity index (χ0v) is 15.3. The van der Waals surface area contributed by atoms with Crippen LogP contribution in [0, 0.1) is 0 Å². The van der Waals surface area contributed by atoms with E-state index in [4.69, 9.17) is 5.14 Å². The molecule has 11 heteroatoms. The largest absolute Gasteiger partial charge is 0.336 e. The summed E-state index contributed by atoms with van der Waals surface area (Å²) in [5.41, 5.74) is 0.333.